The first-order valence-corrected chi connectivity index (χ1v) is 11.0. The van der Waals surface area contributed by atoms with E-state index in [9.17, 15) is 13.2 Å². The Kier molecular flexibility index (Phi) is 7.30. The van der Waals surface area contributed by atoms with Gasteiger partial charge in [-0.25, -0.2) is 8.42 Å². The standard InChI is InChI=1S/C17H26N2O4S2/c1-14(2)15-3-5-16(6-4-15)25(22,23)19-9-7-18(8-10-19)17(21)13-24-12-11-20/h3-6,14,20H,7-13H2,1-2H3. The van der Waals surface area contributed by atoms with Crippen molar-refractivity contribution in [2.45, 2.75) is 24.7 Å². The van der Waals surface area contributed by atoms with Gasteiger partial charge in [-0.3, -0.25) is 4.79 Å². The Bertz CT molecular complexity index is 666. The van der Waals surface area contributed by atoms with Gasteiger partial charge in [0, 0.05) is 31.9 Å². The molecule has 1 aliphatic heterocycles. The summed E-state index contributed by atoms with van der Waals surface area (Å²) in [4.78, 5) is 14.0. The molecule has 140 valence electrons. The summed E-state index contributed by atoms with van der Waals surface area (Å²) in [6, 6.07) is 7.03. The maximum atomic E-state index is 12.7. The van der Waals surface area contributed by atoms with Gasteiger partial charge in [-0.15, -0.1) is 11.8 Å². The third-order valence-electron chi connectivity index (χ3n) is 4.24. The number of benzene rings is 1. The van der Waals surface area contributed by atoms with Crippen LogP contribution in [0.2, 0.25) is 0 Å². The van der Waals surface area contributed by atoms with Crippen molar-refractivity contribution in [3.63, 3.8) is 0 Å². The highest BCUT2D eigenvalue weighted by atomic mass is 32.2. The van der Waals surface area contributed by atoms with Crippen LogP contribution in [0.5, 0.6) is 0 Å². The van der Waals surface area contributed by atoms with Gasteiger partial charge < -0.3 is 10.0 Å². The minimum atomic E-state index is -3.52. The molecule has 6 nitrogen and oxygen atoms in total. The molecule has 1 fully saturated rings. The normalized spacial score (nSPS) is 16.4. The highest BCUT2D eigenvalue weighted by Gasteiger charge is 2.29. The van der Waals surface area contributed by atoms with Gasteiger partial charge in [-0.05, 0) is 23.6 Å². The van der Waals surface area contributed by atoms with E-state index in [4.69, 9.17) is 5.11 Å². The van der Waals surface area contributed by atoms with Gasteiger partial charge in [0.25, 0.3) is 0 Å². The lowest BCUT2D eigenvalue weighted by atomic mass is 10.0. The number of piperazine rings is 1. The maximum Gasteiger partial charge on any atom is 0.243 e. The van der Waals surface area contributed by atoms with Crippen molar-refractivity contribution in [3.05, 3.63) is 29.8 Å². The van der Waals surface area contributed by atoms with E-state index in [2.05, 4.69) is 13.8 Å². The van der Waals surface area contributed by atoms with Crippen LogP contribution in [0.3, 0.4) is 0 Å². The Morgan fingerprint density at radius 1 is 1.16 bits per heavy atom. The number of sulfonamides is 1. The number of thioether (sulfide) groups is 1. The Hall–Kier alpha value is -1.09. The van der Waals surface area contributed by atoms with Crippen molar-refractivity contribution in [2.24, 2.45) is 0 Å². The third kappa shape index (κ3) is 5.20. The molecular weight excluding hydrogens is 360 g/mol. The number of aliphatic hydroxyl groups is 1. The second-order valence-corrected chi connectivity index (χ2v) is 9.33. The molecule has 0 saturated carbocycles. The summed E-state index contributed by atoms with van der Waals surface area (Å²) in [6.07, 6.45) is 0. The molecule has 0 aromatic heterocycles. The molecule has 1 N–H and O–H groups in total. The number of aliphatic hydroxyl groups excluding tert-OH is 1. The Balaban J connectivity index is 1.95. The molecule has 1 saturated heterocycles. The number of rotatable bonds is 7. The molecule has 1 aromatic carbocycles. The summed E-state index contributed by atoms with van der Waals surface area (Å²) < 4.78 is 26.9. The second-order valence-electron chi connectivity index (χ2n) is 6.28. The van der Waals surface area contributed by atoms with Crippen molar-refractivity contribution in [3.8, 4) is 0 Å². The van der Waals surface area contributed by atoms with Crippen LogP contribution in [0.15, 0.2) is 29.2 Å². The summed E-state index contributed by atoms with van der Waals surface area (Å²) in [7, 11) is -3.52. The Labute approximate surface area is 154 Å². The molecule has 0 radical (unpaired) electrons. The van der Waals surface area contributed by atoms with Crippen molar-refractivity contribution >= 4 is 27.7 Å². The van der Waals surface area contributed by atoms with Gasteiger partial charge >= 0.3 is 0 Å². The Morgan fingerprint density at radius 2 is 1.76 bits per heavy atom. The van der Waals surface area contributed by atoms with Crippen molar-refractivity contribution in [2.75, 3.05) is 44.3 Å². The van der Waals surface area contributed by atoms with Crippen molar-refractivity contribution < 1.29 is 18.3 Å². The Morgan fingerprint density at radius 3 is 2.28 bits per heavy atom. The van der Waals surface area contributed by atoms with Crippen LogP contribution in [0, 0.1) is 0 Å². The van der Waals surface area contributed by atoms with Crippen LogP contribution >= 0.6 is 11.8 Å². The quantitative estimate of drug-likeness (QED) is 0.716. The number of amides is 1. The molecular formula is C17H26N2O4S2. The van der Waals surface area contributed by atoms with Crippen LogP contribution in [0.1, 0.15) is 25.3 Å². The fourth-order valence-electron chi connectivity index (χ4n) is 2.67. The summed E-state index contributed by atoms with van der Waals surface area (Å²) in [5, 5.41) is 8.75. The topological polar surface area (TPSA) is 77.9 Å². The van der Waals surface area contributed by atoms with E-state index in [1.54, 1.807) is 17.0 Å². The molecule has 0 aliphatic carbocycles. The van der Waals surface area contributed by atoms with Gasteiger partial charge in [-0.2, -0.15) is 4.31 Å². The largest absolute Gasteiger partial charge is 0.396 e. The summed E-state index contributed by atoms with van der Waals surface area (Å²) in [5.41, 5.74) is 1.11. The molecule has 0 unspecified atom stereocenters. The zero-order valence-corrected chi connectivity index (χ0v) is 16.4. The van der Waals surface area contributed by atoms with Gasteiger partial charge in [-0.1, -0.05) is 26.0 Å². The monoisotopic (exact) mass is 386 g/mol. The van der Waals surface area contributed by atoms with Crippen LogP contribution in [0.4, 0.5) is 0 Å². The van der Waals surface area contributed by atoms with Gasteiger partial charge in [0.15, 0.2) is 0 Å². The van der Waals surface area contributed by atoms with Crippen LogP contribution in [0.25, 0.3) is 0 Å². The molecule has 2 rings (SSSR count). The molecule has 1 aromatic rings. The number of nitrogens with zero attached hydrogens (tertiary/aromatic N) is 2. The number of carbonyl (C=O) groups excluding carboxylic acids is 1. The first-order valence-electron chi connectivity index (χ1n) is 8.42. The lowest BCUT2D eigenvalue weighted by molar-refractivity contribution is -0.129. The van der Waals surface area contributed by atoms with Crippen LogP contribution in [-0.2, 0) is 14.8 Å². The lowest BCUT2D eigenvalue weighted by Crippen LogP contribution is -2.51. The molecule has 1 amide bonds. The highest BCUT2D eigenvalue weighted by molar-refractivity contribution is 7.99. The molecule has 1 aliphatic rings. The van der Waals surface area contributed by atoms with Gasteiger partial charge in [0.1, 0.15) is 0 Å². The SMILES string of the molecule is CC(C)c1ccc(S(=O)(=O)N2CCN(C(=O)CSCCO)CC2)cc1. The smallest absolute Gasteiger partial charge is 0.243 e. The maximum absolute atomic E-state index is 12.7. The minimum absolute atomic E-state index is 0.00298. The first kappa shape index (κ1) is 20.2. The van der Waals surface area contributed by atoms with E-state index in [1.807, 2.05) is 12.1 Å². The average Bonchev–Trinajstić information content (AvgIpc) is 2.62. The second kappa shape index (κ2) is 9.02. The predicted octanol–water partition coefficient (Wildman–Crippen LogP) is 1.37. The minimum Gasteiger partial charge on any atom is -0.396 e. The number of hydrogen-bond acceptors (Lipinski definition) is 5. The molecule has 1 heterocycles. The molecule has 0 bridgehead atoms. The highest BCUT2D eigenvalue weighted by Crippen LogP contribution is 2.21. The predicted molar refractivity (Wildman–Crippen MR) is 100 cm³/mol. The average molecular weight is 387 g/mol. The van der Waals surface area contributed by atoms with Gasteiger partial charge in [0.2, 0.25) is 15.9 Å². The van der Waals surface area contributed by atoms with Crippen LogP contribution in [-0.4, -0.2) is 72.9 Å². The summed E-state index contributed by atoms with van der Waals surface area (Å²) in [5.74, 6) is 1.21. The molecule has 25 heavy (non-hydrogen) atoms. The van der Waals surface area contributed by atoms with E-state index in [0.717, 1.165) is 5.56 Å². The van der Waals surface area contributed by atoms with Crippen molar-refractivity contribution in [1.29, 1.82) is 0 Å². The molecule has 0 atom stereocenters. The van der Waals surface area contributed by atoms with Crippen LogP contribution < -0.4 is 0 Å². The molecule has 8 heteroatoms. The summed E-state index contributed by atoms with van der Waals surface area (Å²) >= 11 is 1.39. The van der Waals surface area contributed by atoms with E-state index in [0.29, 0.717) is 48.5 Å². The zero-order chi connectivity index (χ0) is 18.4. The summed E-state index contributed by atoms with van der Waals surface area (Å²) in [6.45, 7) is 5.62. The fourth-order valence-corrected chi connectivity index (χ4v) is 4.72. The fraction of sp³-hybridized carbons (Fsp3) is 0.588. The van der Waals surface area contributed by atoms with E-state index in [1.165, 1.54) is 16.1 Å². The van der Waals surface area contributed by atoms with E-state index in [-0.39, 0.29) is 12.5 Å². The van der Waals surface area contributed by atoms with Crippen molar-refractivity contribution in [1.82, 2.24) is 9.21 Å². The number of carbonyl (C=O) groups is 1. The van der Waals surface area contributed by atoms with E-state index >= 15 is 0 Å². The molecule has 0 spiro atoms. The lowest BCUT2D eigenvalue weighted by Gasteiger charge is -2.34. The van der Waals surface area contributed by atoms with Gasteiger partial charge in [0.05, 0.1) is 17.3 Å². The third-order valence-corrected chi connectivity index (χ3v) is 7.07. The zero-order valence-electron chi connectivity index (χ0n) is 14.7. The van der Waals surface area contributed by atoms with E-state index < -0.39 is 10.0 Å². The number of hydrogen-bond donors (Lipinski definition) is 1. The first-order chi connectivity index (χ1) is 11.9.